The molecule has 1 aliphatic carbocycles. The van der Waals surface area contributed by atoms with Crippen LogP contribution < -0.4 is 11.1 Å². The second-order valence-electron chi connectivity index (χ2n) is 5.60. The maximum Gasteiger partial charge on any atom is 0.270 e. The molecule has 1 amide bonds. The maximum absolute atomic E-state index is 12.5. The zero-order valence-electron chi connectivity index (χ0n) is 13.0. The van der Waals surface area contributed by atoms with E-state index in [0.717, 1.165) is 25.7 Å². The quantitative estimate of drug-likeness (QED) is 0.483. The van der Waals surface area contributed by atoms with Gasteiger partial charge in [0.15, 0.2) is 0 Å². The smallest absolute Gasteiger partial charge is 0.270 e. The lowest BCUT2D eigenvalue weighted by Crippen LogP contribution is -2.47. The number of nitrogens with one attached hydrogen (secondary N) is 1. The third kappa shape index (κ3) is 4.07. The highest BCUT2D eigenvalue weighted by Gasteiger charge is 2.31. The first-order valence-corrected chi connectivity index (χ1v) is 9.04. The molecule has 7 nitrogen and oxygen atoms in total. The van der Waals surface area contributed by atoms with Gasteiger partial charge in [0.1, 0.15) is 0 Å². The van der Waals surface area contributed by atoms with E-state index in [1.54, 1.807) is 0 Å². The molecule has 0 aliphatic heterocycles. The molecule has 23 heavy (non-hydrogen) atoms. The van der Waals surface area contributed by atoms with Gasteiger partial charge in [0.2, 0.25) is 0 Å². The highest BCUT2D eigenvalue weighted by Crippen LogP contribution is 2.25. The van der Waals surface area contributed by atoms with E-state index in [-0.39, 0.29) is 28.2 Å². The number of amides is 1. The van der Waals surface area contributed by atoms with Crippen molar-refractivity contribution in [1.82, 2.24) is 5.32 Å². The van der Waals surface area contributed by atoms with Gasteiger partial charge in [-0.15, -0.1) is 0 Å². The summed E-state index contributed by atoms with van der Waals surface area (Å²) < 4.78 is 12.2. The molecule has 0 radical (unpaired) electrons. The number of benzene rings is 1. The Morgan fingerprint density at radius 3 is 2.78 bits per heavy atom. The molecule has 0 unspecified atom stereocenters. The fourth-order valence-corrected chi connectivity index (χ4v) is 4.32. The molecule has 0 heterocycles. The summed E-state index contributed by atoms with van der Waals surface area (Å²) in [4.78, 5) is 22.7. The maximum atomic E-state index is 12.5. The lowest BCUT2D eigenvalue weighted by atomic mass is 9.94. The van der Waals surface area contributed by atoms with Crippen molar-refractivity contribution >= 4 is 28.1 Å². The van der Waals surface area contributed by atoms with Crippen molar-refractivity contribution in [3.8, 4) is 0 Å². The molecule has 126 valence electrons. The molecule has 2 rings (SSSR count). The molecule has 8 heteroatoms. The van der Waals surface area contributed by atoms with Gasteiger partial charge in [0.05, 0.1) is 15.7 Å². The van der Waals surface area contributed by atoms with Crippen LogP contribution in [0.3, 0.4) is 0 Å². The first kappa shape index (κ1) is 17.4. The molecule has 1 saturated carbocycles. The van der Waals surface area contributed by atoms with Crippen molar-refractivity contribution in [2.75, 3.05) is 11.5 Å². The highest BCUT2D eigenvalue weighted by atomic mass is 32.2. The number of rotatable bonds is 5. The van der Waals surface area contributed by atoms with Crippen LogP contribution in [0.2, 0.25) is 0 Å². The summed E-state index contributed by atoms with van der Waals surface area (Å²) in [5.74, 6) is 0.104. The van der Waals surface area contributed by atoms with Crippen LogP contribution in [-0.4, -0.2) is 32.1 Å². The normalized spacial score (nSPS) is 22.3. The standard InChI is InChI=1S/C15H21N3O4S/c1-2-23(22)14-6-4-3-5-13(14)17-15(19)11-9-10(18(20)21)7-8-12(11)16/h7-9,13-14H,2-6,16H2,1H3,(H,17,19)/t13-,14-,23-/m0/s1. The van der Waals surface area contributed by atoms with Gasteiger partial charge in [-0.1, -0.05) is 19.8 Å². The van der Waals surface area contributed by atoms with Gasteiger partial charge in [-0.25, -0.2) is 0 Å². The first-order valence-electron chi connectivity index (χ1n) is 7.66. The average molecular weight is 339 g/mol. The van der Waals surface area contributed by atoms with Crippen LogP contribution in [0.4, 0.5) is 11.4 Å². The topological polar surface area (TPSA) is 115 Å². The zero-order chi connectivity index (χ0) is 17.0. The second kappa shape index (κ2) is 7.54. The van der Waals surface area contributed by atoms with Gasteiger partial charge < -0.3 is 11.1 Å². The third-order valence-corrected chi connectivity index (χ3v) is 5.94. The van der Waals surface area contributed by atoms with Crippen LogP contribution in [0.5, 0.6) is 0 Å². The van der Waals surface area contributed by atoms with Gasteiger partial charge in [0, 0.05) is 40.4 Å². The number of hydrogen-bond donors (Lipinski definition) is 2. The van der Waals surface area contributed by atoms with Crippen LogP contribution in [-0.2, 0) is 10.8 Å². The Morgan fingerprint density at radius 1 is 1.43 bits per heavy atom. The largest absolute Gasteiger partial charge is 0.398 e. The Labute approximate surface area is 137 Å². The van der Waals surface area contributed by atoms with E-state index < -0.39 is 21.6 Å². The summed E-state index contributed by atoms with van der Waals surface area (Å²) in [6.45, 7) is 1.86. The van der Waals surface area contributed by atoms with E-state index in [1.807, 2.05) is 6.92 Å². The predicted molar refractivity (Wildman–Crippen MR) is 89.7 cm³/mol. The van der Waals surface area contributed by atoms with E-state index in [4.69, 9.17) is 5.73 Å². The van der Waals surface area contributed by atoms with E-state index in [2.05, 4.69) is 5.32 Å². The molecular weight excluding hydrogens is 318 g/mol. The Kier molecular flexibility index (Phi) is 5.70. The zero-order valence-corrected chi connectivity index (χ0v) is 13.8. The number of nitrogens with zero attached hydrogens (tertiary/aromatic N) is 1. The molecule has 0 saturated heterocycles. The van der Waals surface area contributed by atoms with E-state index in [9.17, 15) is 19.1 Å². The molecule has 1 fully saturated rings. The number of nitro benzene ring substituents is 1. The van der Waals surface area contributed by atoms with Crippen LogP contribution >= 0.6 is 0 Å². The van der Waals surface area contributed by atoms with Crippen molar-refractivity contribution in [2.24, 2.45) is 0 Å². The van der Waals surface area contributed by atoms with Crippen LogP contribution in [0.15, 0.2) is 18.2 Å². The minimum atomic E-state index is -0.988. The van der Waals surface area contributed by atoms with Crippen molar-refractivity contribution in [1.29, 1.82) is 0 Å². The highest BCUT2D eigenvalue weighted by molar-refractivity contribution is 7.85. The molecule has 0 bridgehead atoms. The first-order chi connectivity index (χ1) is 10.9. The molecule has 3 N–H and O–H groups in total. The molecule has 1 aromatic rings. The number of hydrogen-bond acceptors (Lipinski definition) is 5. The second-order valence-corrected chi connectivity index (χ2v) is 7.55. The lowest BCUT2D eigenvalue weighted by molar-refractivity contribution is -0.384. The molecule has 0 spiro atoms. The number of non-ortho nitro benzene ring substituents is 1. The fraction of sp³-hybridized carbons (Fsp3) is 0.533. The Bertz CT molecular complexity index is 635. The summed E-state index contributed by atoms with van der Waals surface area (Å²) in [5.41, 5.74) is 5.87. The molecule has 3 atom stereocenters. The number of carbonyl (C=O) groups excluding carboxylic acids is 1. The number of anilines is 1. The molecule has 0 aromatic heterocycles. The van der Waals surface area contributed by atoms with E-state index in [1.165, 1.54) is 18.2 Å². The average Bonchev–Trinajstić information content (AvgIpc) is 2.54. The number of nitro groups is 1. The van der Waals surface area contributed by atoms with Crippen molar-refractivity contribution in [2.45, 2.75) is 43.9 Å². The van der Waals surface area contributed by atoms with Crippen molar-refractivity contribution in [3.05, 3.63) is 33.9 Å². The molecular formula is C15H21N3O4S. The SMILES string of the molecule is CC[S@](=O)[C@H]1CCCC[C@@H]1NC(=O)c1cc([N+](=O)[O-])ccc1N. The monoisotopic (exact) mass is 339 g/mol. The van der Waals surface area contributed by atoms with Gasteiger partial charge in [-0.3, -0.25) is 19.1 Å². The van der Waals surface area contributed by atoms with Gasteiger partial charge >= 0.3 is 0 Å². The summed E-state index contributed by atoms with van der Waals surface area (Å²) in [7, 11) is -0.988. The van der Waals surface area contributed by atoms with Crippen LogP contribution in [0, 0.1) is 10.1 Å². The summed E-state index contributed by atoms with van der Waals surface area (Å²) in [6, 6.07) is 3.62. The van der Waals surface area contributed by atoms with E-state index >= 15 is 0 Å². The fourth-order valence-electron chi connectivity index (χ4n) is 2.89. The van der Waals surface area contributed by atoms with Gasteiger partial charge in [-0.2, -0.15) is 0 Å². The third-order valence-electron chi connectivity index (χ3n) is 4.13. The van der Waals surface area contributed by atoms with Crippen LogP contribution in [0.25, 0.3) is 0 Å². The Hall–Kier alpha value is -1.96. The Morgan fingerprint density at radius 2 is 2.13 bits per heavy atom. The number of carbonyl (C=O) groups is 1. The molecule has 1 aliphatic rings. The van der Waals surface area contributed by atoms with Gasteiger partial charge in [0.25, 0.3) is 11.6 Å². The summed E-state index contributed by atoms with van der Waals surface area (Å²) in [5, 5.41) is 13.7. The van der Waals surface area contributed by atoms with Gasteiger partial charge in [-0.05, 0) is 18.9 Å². The summed E-state index contributed by atoms with van der Waals surface area (Å²) in [6.07, 6.45) is 3.54. The number of nitrogen functional groups attached to an aromatic ring is 1. The minimum Gasteiger partial charge on any atom is -0.398 e. The lowest BCUT2D eigenvalue weighted by Gasteiger charge is -2.31. The Balaban J connectivity index is 2.18. The minimum absolute atomic E-state index is 0.0716. The number of nitrogens with two attached hydrogens (primary N) is 1. The summed E-state index contributed by atoms with van der Waals surface area (Å²) >= 11 is 0. The van der Waals surface area contributed by atoms with Crippen molar-refractivity contribution < 1.29 is 13.9 Å². The van der Waals surface area contributed by atoms with Crippen LogP contribution in [0.1, 0.15) is 43.0 Å². The predicted octanol–water partition coefficient (Wildman–Crippen LogP) is 1.99. The van der Waals surface area contributed by atoms with E-state index in [0.29, 0.717) is 5.75 Å². The van der Waals surface area contributed by atoms with Crippen molar-refractivity contribution in [3.63, 3.8) is 0 Å². The molecule has 1 aromatic carbocycles.